The summed E-state index contributed by atoms with van der Waals surface area (Å²) in [5.41, 5.74) is 4.17. The highest BCUT2D eigenvalue weighted by atomic mass is 32.1. The van der Waals surface area contributed by atoms with E-state index in [9.17, 15) is 24.3 Å². The number of aromatic nitrogens is 1. The van der Waals surface area contributed by atoms with Crippen LogP contribution in [0.2, 0.25) is 0 Å². The average Bonchev–Trinajstić information content (AvgIpc) is 3.66. The topological polar surface area (TPSA) is 144 Å². The lowest BCUT2D eigenvalue weighted by Gasteiger charge is -2.35. The van der Waals surface area contributed by atoms with Crippen molar-refractivity contribution in [1.29, 1.82) is 0 Å². The number of hydrogen-bond donors (Lipinski definition) is 4. The van der Waals surface area contributed by atoms with Crippen LogP contribution in [0.15, 0.2) is 29.8 Å². The summed E-state index contributed by atoms with van der Waals surface area (Å²) in [4.78, 5) is 61.5. The molecule has 258 valence electrons. The van der Waals surface area contributed by atoms with Crippen LogP contribution in [0.1, 0.15) is 89.9 Å². The fourth-order valence-electron chi connectivity index (χ4n) is 6.24. The third-order valence-corrected chi connectivity index (χ3v) is 10.1. The van der Waals surface area contributed by atoms with Gasteiger partial charge in [-0.1, -0.05) is 57.9 Å². The Morgan fingerprint density at radius 2 is 1.68 bits per heavy atom. The third kappa shape index (κ3) is 10.1. The Morgan fingerprint density at radius 3 is 2.30 bits per heavy atom. The summed E-state index contributed by atoms with van der Waals surface area (Å²) in [5, 5.41) is 19.7. The molecule has 2 aromatic rings. The van der Waals surface area contributed by atoms with Crippen molar-refractivity contribution in [2.75, 3.05) is 32.7 Å². The van der Waals surface area contributed by atoms with Gasteiger partial charge in [0.1, 0.15) is 12.1 Å². The number of aliphatic hydroxyl groups excluding tert-OH is 1. The molecule has 0 radical (unpaired) electrons. The van der Waals surface area contributed by atoms with Gasteiger partial charge in [0, 0.05) is 52.0 Å². The number of carbonyl (C=O) groups is 4. The summed E-state index contributed by atoms with van der Waals surface area (Å²) in [6.45, 7) is 12.7. The number of hydrogen-bond acceptors (Lipinski definition) is 8. The minimum absolute atomic E-state index is 0.0311. The highest BCUT2D eigenvalue weighted by Crippen LogP contribution is 2.29. The third-order valence-electron chi connectivity index (χ3n) is 9.07. The summed E-state index contributed by atoms with van der Waals surface area (Å²) < 4.78 is 0. The molecule has 2 aliphatic heterocycles. The zero-order valence-corrected chi connectivity index (χ0v) is 29.3. The first kappa shape index (κ1) is 36.5. The minimum Gasteiger partial charge on any atom is -0.391 e. The fourth-order valence-corrected chi connectivity index (χ4v) is 7.05. The number of thiazole rings is 1. The molecule has 4 atom stereocenters. The molecule has 12 heteroatoms. The maximum Gasteiger partial charge on any atom is 0.246 e. The second-order valence-electron chi connectivity index (χ2n) is 13.9. The first-order valence-electron chi connectivity index (χ1n) is 16.9. The van der Waals surface area contributed by atoms with Crippen LogP contribution in [0.3, 0.4) is 0 Å². The quantitative estimate of drug-likeness (QED) is 0.239. The van der Waals surface area contributed by atoms with Gasteiger partial charge in [0.2, 0.25) is 23.6 Å². The molecule has 4 amide bonds. The number of piperazine rings is 1. The van der Waals surface area contributed by atoms with Gasteiger partial charge in [0.15, 0.2) is 0 Å². The SMILES string of the molecule is Cc1ncsc1-c1ccc([C@H](C)NC(=O)[C@@H]2C[C@@H](O)CN2C(=O)C(NC(=O)CCCCCCC(=O)N2CCNCC2)C(C)(C)C)cc1. The lowest BCUT2D eigenvalue weighted by Crippen LogP contribution is -2.57. The number of likely N-dealkylation sites (tertiary alicyclic amines) is 1. The molecule has 1 unspecified atom stereocenters. The second-order valence-corrected chi connectivity index (χ2v) is 14.8. The van der Waals surface area contributed by atoms with E-state index in [2.05, 4.69) is 20.9 Å². The van der Waals surface area contributed by atoms with Crippen LogP contribution >= 0.6 is 11.3 Å². The van der Waals surface area contributed by atoms with Gasteiger partial charge in [-0.15, -0.1) is 11.3 Å². The fraction of sp³-hybridized carbons (Fsp3) is 0.629. The molecular formula is C35H52N6O5S. The summed E-state index contributed by atoms with van der Waals surface area (Å²) >= 11 is 1.58. The van der Waals surface area contributed by atoms with Crippen molar-refractivity contribution >= 4 is 35.0 Å². The van der Waals surface area contributed by atoms with E-state index < -0.39 is 23.6 Å². The average molecular weight is 669 g/mol. The lowest BCUT2D eigenvalue weighted by molar-refractivity contribution is -0.144. The highest BCUT2D eigenvalue weighted by molar-refractivity contribution is 7.13. The Bertz CT molecular complexity index is 1370. The van der Waals surface area contributed by atoms with Gasteiger partial charge in [0.05, 0.1) is 28.2 Å². The molecular weight excluding hydrogens is 616 g/mol. The van der Waals surface area contributed by atoms with Crippen molar-refractivity contribution < 1.29 is 24.3 Å². The number of nitrogens with one attached hydrogen (secondary N) is 3. The van der Waals surface area contributed by atoms with Gasteiger partial charge in [-0.05, 0) is 43.2 Å². The molecule has 4 N–H and O–H groups in total. The maximum atomic E-state index is 13.9. The molecule has 1 aromatic carbocycles. The predicted molar refractivity (Wildman–Crippen MR) is 184 cm³/mol. The minimum atomic E-state index is -0.854. The Balaban J connectivity index is 1.28. The molecule has 47 heavy (non-hydrogen) atoms. The molecule has 2 saturated heterocycles. The standard InChI is InChI=1S/C35H52N6O5S/c1-23(25-12-14-26(15-13-25)31-24(2)37-22-47-31)38-33(45)28-20-27(42)21-41(28)34(46)32(35(3,4)5)39-29(43)10-8-6-7-9-11-30(44)40-18-16-36-17-19-40/h12-15,22-23,27-28,32,36,42H,6-11,16-21H2,1-5H3,(H,38,45)(H,39,43)/t23-,27+,28-,32?/m0/s1. The van der Waals surface area contributed by atoms with Crippen LogP contribution < -0.4 is 16.0 Å². The van der Waals surface area contributed by atoms with E-state index >= 15 is 0 Å². The maximum absolute atomic E-state index is 13.9. The number of aliphatic hydroxyl groups is 1. The first-order valence-corrected chi connectivity index (χ1v) is 17.8. The number of amides is 4. The number of carbonyl (C=O) groups excluding carboxylic acids is 4. The predicted octanol–water partition coefficient (Wildman–Crippen LogP) is 3.56. The number of benzene rings is 1. The van der Waals surface area contributed by atoms with Gasteiger partial charge in [0.25, 0.3) is 0 Å². The molecule has 3 heterocycles. The van der Waals surface area contributed by atoms with E-state index in [1.165, 1.54) is 4.90 Å². The van der Waals surface area contributed by atoms with Crippen LogP contribution in [0.5, 0.6) is 0 Å². The van der Waals surface area contributed by atoms with Crippen LogP contribution in [0, 0.1) is 12.3 Å². The Hall–Kier alpha value is -3.35. The molecule has 11 nitrogen and oxygen atoms in total. The van der Waals surface area contributed by atoms with E-state index in [1.807, 2.05) is 69.3 Å². The Labute approximate surface area is 282 Å². The lowest BCUT2D eigenvalue weighted by atomic mass is 9.85. The van der Waals surface area contributed by atoms with Crippen LogP contribution in [-0.2, 0) is 19.2 Å². The van der Waals surface area contributed by atoms with E-state index in [0.29, 0.717) is 12.8 Å². The van der Waals surface area contributed by atoms with Gasteiger partial charge < -0.3 is 30.9 Å². The zero-order valence-electron chi connectivity index (χ0n) is 28.5. The summed E-state index contributed by atoms with van der Waals surface area (Å²) in [7, 11) is 0. The van der Waals surface area contributed by atoms with E-state index in [4.69, 9.17) is 0 Å². The van der Waals surface area contributed by atoms with Crippen LogP contribution in [0.4, 0.5) is 0 Å². The van der Waals surface area contributed by atoms with Crippen LogP contribution in [-0.4, -0.2) is 94.4 Å². The molecule has 0 bridgehead atoms. The highest BCUT2D eigenvalue weighted by Gasteiger charge is 2.44. The molecule has 0 spiro atoms. The summed E-state index contributed by atoms with van der Waals surface area (Å²) in [5.74, 6) is -0.729. The zero-order chi connectivity index (χ0) is 34.1. The largest absolute Gasteiger partial charge is 0.391 e. The van der Waals surface area contributed by atoms with Crippen molar-refractivity contribution in [3.05, 3.63) is 41.0 Å². The van der Waals surface area contributed by atoms with E-state index in [0.717, 1.165) is 67.1 Å². The number of β-amino-alcohol motifs (C(OH)–C–C–N with tert-alkyl or cyclic N) is 1. The molecule has 0 aliphatic carbocycles. The molecule has 4 rings (SSSR count). The van der Waals surface area contributed by atoms with Crippen molar-refractivity contribution in [1.82, 2.24) is 30.7 Å². The van der Waals surface area contributed by atoms with Crippen LogP contribution in [0.25, 0.3) is 10.4 Å². The van der Waals surface area contributed by atoms with E-state index in [1.54, 1.807) is 11.3 Å². The normalized spacial score (nSPS) is 19.7. The van der Waals surface area contributed by atoms with Gasteiger partial charge in [-0.3, -0.25) is 19.2 Å². The van der Waals surface area contributed by atoms with Gasteiger partial charge in [-0.2, -0.15) is 0 Å². The summed E-state index contributed by atoms with van der Waals surface area (Å²) in [6, 6.07) is 5.97. The molecule has 1 aromatic heterocycles. The molecule has 2 fully saturated rings. The second kappa shape index (κ2) is 16.7. The van der Waals surface area contributed by atoms with E-state index in [-0.39, 0.29) is 49.1 Å². The van der Waals surface area contributed by atoms with Gasteiger partial charge >= 0.3 is 0 Å². The number of nitrogens with zero attached hydrogens (tertiary/aromatic N) is 3. The molecule has 0 saturated carbocycles. The Morgan fingerprint density at radius 1 is 1.02 bits per heavy atom. The summed E-state index contributed by atoms with van der Waals surface area (Å²) in [6.07, 6.45) is 3.25. The van der Waals surface area contributed by atoms with Crippen molar-refractivity contribution in [2.45, 2.75) is 104 Å². The van der Waals surface area contributed by atoms with Gasteiger partial charge in [-0.25, -0.2) is 4.98 Å². The van der Waals surface area contributed by atoms with Crippen molar-refractivity contribution in [3.8, 4) is 10.4 Å². The number of unbranched alkanes of at least 4 members (excludes halogenated alkanes) is 3. The van der Waals surface area contributed by atoms with Crippen molar-refractivity contribution in [3.63, 3.8) is 0 Å². The smallest absolute Gasteiger partial charge is 0.246 e. The number of aryl methyl sites for hydroxylation is 1. The Kier molecular flexibility index (Phi) is 12.9. The van der Waals surface area contributed by atoms with Crippen molar-refractivity contribution in [2.24, 2.45) is 5.41 Å². The first-order chi connectivity index (χ1) is 22.3. The molecule has 2 aliphatic rings. The number of rotatable bonds is 13. The monoisotopic (exact) mass is 668 g/mol.